The molecule has 1 N–H and O–H groups in total. The Kier molecular flexibility index (Phi) is 6.64. The van der Waals surface area contributed by atoms with Crippen LogP contribution in [0.3, 0.4) is 0 Å². The highest BCUT2D eigenvalue weighted by molar-refractivity contribution is 6.35. The predicted molar refractivity (Wildman–Crippen MR) is 124 cm³/mol. The van der Waals surface area contributed by atoms with Crippen LogP contribution in [0.4, 0.5) is 4.39 Å². The molecule has 7 nitrogen and oxygen atoms in total. The standard InChI is InChI=1S/C22H23Cl2FN6O/c1-13(20-17(23)10-26-11-18(20)24)32-15-7-16-21(28-29-22(16)19(25)8-15)14-9-27-31(12-14)6-4-5-30(2)3/h7-13H,4-6H2,1-3H3,(H,28,29)/t13-/m1/s1. The number of aromatic amines is 1. The SMILES string of the molecule is C[C@@H](Oc1cc(F)c2[nH]nc(-c3cnn(CCCN(C)C)c3)c2c1)c1c(Cl)cncc1Cl. The van der Waals surface area contributed by atoms with Gasteiger partial charge >= 0.3 is 0 Å². The number of rotatable bonds is 8. The molecule has 0 unspecified atom stereocenters. The molecule has 0 aliphatic rings. The molecule has 1 atom stereocenters. The van der Waals surface area contributed by atoms with Crippen molar-refractivity contribution in [1.29, 1.82) is 0 Å². The molecule has 1 aromatic carbocycles. The number of halogens is 3. The Labute approximate surface area is 195 Å². The fourth-order valence-corrected chi connectivity index (χ4v) is 4.24. The van der Waals surface area contributed by atoms with Gasteiger partial charge in [-0.2, -0.15) is 10.2 Å². The smallest absolute Gasteiger partial charge is 0.152 e. The molecule has 4 aromatic rings. The number of H-pyrrole nitrogens is 1. The van der Waals surface area contributed by atoms with Crippen LogP contribution in [0.15, 0.2) is 36.9 Å². The first-order valence-corrected chi connectivity index (χ1v) is 10.9. The molecule has 0 bridgehead atoms. The summed E-state index contributed by atoms with van der Waals surface area (Å²) in [5, 5.41) is 12.9. The molecule has 168 valence electrons. The first-order chi connectivity index (χ1) is 15.3. The summed E-state index contributed by atoms with van der Waals surface area (Å²) >= 11 is 12.5. The van der Waals surface area contributed by atoms with E-state index in [4.69, 9.17) is 27.9 Å². The van der Waals surface area contributed by atoms with Crippen LogP contribution < -0.4 is 4.74 Å². The molecule has 0 aliphatic heterocycles. The third-order valence-electron chi connectivity index (χ3n) is 5.11. The molecular weight excluding hydrogens is 454 g/mol. The zero-order chi connectivity index (χ0) is 22.8. The summed E-state index contributed by atoms with van der Waals surface area (Å²) in [7, 11) is 4.08. The average Bonchev–Trinajstić information content (AvgIpc) is 3.34. The summed E-state index contributed by atoms with van der Waals surface area (Å²) in [4.78, 5) is 6.08. The maximum atomic E-state index is 14.8. The number of hydrogen-bond acceptors (Lipinski definition) is 5. The number of aromatic nitrogens is 5. The van der Waals surface area contributed by atoms with E-state index in [0.29, 0.717) is 38.0 Å². The second-order valence-corrected chi connectivity index (χ2v) is 8.64. The van der Waals surface area contributed by atoms with Crippen LogP contribution in [0.2, 0.25) is 10.0 Å². The number of nitrogens with one attached hydrogen (secondary N) is 1. The topological polar surface area (TPSA) is 71.9 Å². The largest absolute Gasteiger partial charge is 0.486 e. The van der Waals surface area contributed by atoms with Gasteiger partial charge in [0.15, 0.2) is 5.82 Å². The van der Waals surface area contributed by atoms with E-state index < -0.39 is 11.9 Å². The Bertz CT molecular complexity index is 1220. The van der Waals surface area contributed by atoms with Gasteiger partial charge in [-0.25, -0.2) is 4.39 Å². The minimum Gasteiger partial charge on any atom is -0.486 e. The van der Waals surface area contributed by atoms with Crippen molar-refractivity contribution < 1.29 is 9.13 Å². The van der Waals surface area contributed by atoms with Crippen LogP contribution in [0, 0.1) is 5.82 Å². The van der Waals surface area contributed by atoms with Gasteiger partial charge in [0.1, 0.15) is 23.1 Å². The first kappa shape index (κ1) is 22.5. The summed E-state index contributed by atoms with van der Waals surface area (Å²) in [5.41, 5.74) is 2.30. The van der Waals surface area contributed by atoms with Crippen LogP contribution in [0.1, 0.15) is 25.0 Å². The van der Waals surface area contributed by atoms with E-state index in [9.17, 15) is 4.39 Å². The second kappa shape index (κ2) is 9.44. The number of nitrogens with zero attached hydrogens (tertiary/aromatic N) is 5. The molecule has 0 saturated heterocycles. The van der Waals surface area contributed by atoms with E-state index >= 15 is 0 Å². The molecule has 0 spiro atoms. The summed E-state index contributed by atoms with van der Waals surface area (Å²) in [6.45, 7) is 3.55. The van der Waals surface area contributed by atoms with Crippen molar-refractivity contribution in [2.75, 3.05) is 20.6 Å². The van der Waals surface area contributed by atoms with Crippen molar-refractivity contribution in [1.82, 2.24) is 29.9 Å². The fourth-order valence-electron chi connectivity index (χ4n) is 3.57. The van der Waals surface area contributed by atoms with E-state index in [1.807, 2.05) is 25.0 Å². The molecule has 10 heteroatoms. The zero-order valence-corrected chi connectivity index (χ0v) is 19.5. The van der Waals surface area contributed by atoms with Crippen LogP contribution in [-0.4, -0.2) is 50.5 Å². The average molecular weight is 477 g/mol. The highest BCUT2D eigenvalue weighted by Crippen LogP contribution is 2.35. The summed E-state index contributed by atoms with van der Waals surface area (Å²) in [6.07, 6.45) is 7.10. The lowest BCUT2D eigenvalue weighted by atomic mass is 10.1. The van der Waals surface area contributed by atoms with Crippen LogP contribution in [0.5, 0.6) is 5.75 Å². The van der Waals surface area contributed by atoms with Gasteiger partial charge in [0, 0.05) is 47.7 Å². The normalized spacial score (nSPS) is 12.6. The Balaban J connectivity index is 1.61. The number of benzene rings is 1. The molecule has 0 saturated carbocycles. The third kappa shape index (κ3) is 4.72. The summed E-state index contributed by atoms with van der Waals surface area (Å²) in [5.74, 6) is -0.124. The van der Waals surface area contributed by atoms with Crippen LogP contribution in [0.25, 0.3) is 22.2 Å². The number of aryl methyl sites for hydroxylation is 1. The van der Waals surface area contributed by atoms with E-state index in [1.165, 1.54) is 18.5 Å². The number of fused-ring (bicyclic) bond motifs is 1. The van der Waals surface area contributed by atoms with Crippen molar-refractivity contribution >= 4 is 34.1 Å². The highest BCUT2D eigenvalue weighted by atomic mass is 35.5. The number of pyridine rings is 1. The molecule has 3 aromatic heterocycles. The monoisotopic (exact) mass is 476 g/mol. The van der Waals surface area contributed by atoms with Crippen molar-refractivity contribution in [3.05, 3.63) is 58.3 Å². The van der Waals surface area contributed by atoms with Crippen LogP contribution >= 0.6 is 23.2 Å². The molecular formula is C22H23Cl2FN6O. The highest BCUT2D eigenvalue weighted by Gasteiger charge is 2.19. The minimum atomic E-state index is -0.510. The molecule has 0 radical (unpaired) electrons. The van der Waals surface area contributed by atoms with Crippen LogP contribution in [-0.2, 0) is 6.54 Å². The molecule has 32 heavy (non-hydrogen) atoms. The zero-order valence-electron chi connectivity index (χ0n) is 17.9. The molecule has 4 rings (SSSR count). The maximum absolute atomic E-state index is 14.8. The number of hydrogen-bond donors (Lipinski definition) is 1. The number of ether oxygens (including phenoxy) is 1. The lowest BCUT2D eigenvalue weighted by molar-refractivity contribution is 0.226. The predicted octanol–water partition coefficient (Wildman–Crippen LogP) is 5.36. The van der Waals surface area contributed by atoms with Gasteiger partial charge in [0.05, 0.1) is 16.2 Å². The third-order valence-corrected chi connectivity index (χ3v) is 5.71. The van der Waals surface area contributed by atoms with E-state index in [0.717, 1.165) is 25.1 Å². The molecule has 0 aliphatic carbocycles. The van der Waals surface area contributed by atoms with Crippen molar-refractivity contribution in [2.45, 2.75) is 26.0 Å². The Hall–Kier alpha value is -2.68. The Morgan fingerprint density at radius 2 is 1.94 bits per heavy atom. The quantitative estimate of drug-likeness (QED) is 0.370. The van der Waals surface area contributed by atoms with E-state index in [1.54, 1.807) is 19.2 Å². The Morgan fingerprint density at radius 3 is 2.66 bits per heavy atom. The summed E-state index contributed by atoms with van der Waals surface area (Å²) < 4.78 is 22.7. The van der Waals surface area contributed by atoms with Crippen molar-refractivity contribution in [2.24, 2.45) is 0 Å². The molecule has 0 fully saturated rings. The lowest BCUT2D eigenvalue weighted by Gasteiger charge is -2.17. The van der Waals surface area contributed by atoms with E-state index in [2.05, 4.69) is 25.2 Å². The van der Waals surface area contributed by atoms with Gasteiger partial charge in [-0.3, -0.25) is 14.8 Å². The van der Waals surface area contributed by atoms with Gasteiger partial charge in [0.25, 0.3) is 0 Å². The lowest BCUT2D eigenvalue weighted by Crippen LogP contribution is -2.15. The minimum absolute atomic E-state index is 0.306. The van der Waals surface area contributed by atoms with Gasteiger partial charge in [0.2, 0.25) is 0 Å². The molecule has 3 heterocycles. The fraction of sp³-hybridized carbons (Fsp3) is 0.318. The molecule has 0 amide bonds. The van der Waals surface area contributed by atoms with Gasteiger partial charge < -0.3 is 9.64 Å². The van der Waals surface area contributed by atoms with Crippen molar-refractivity contribution in [3.8, 4) is 17.0 Å². The maximum Gasteiger partial charge on any atom is 0.152 e. The van der Waals surface area contributed by atoms with Gasteiger partial charge in [-0.15, -0.1) is 0 Å². The van der Waals surface area contributed by atoms with E-state index in [-0.39, 0.29) is 0 Å². The van der Waals surface area contributed by atoms with Gasteiger partial charge in [-0.05, 0) is 40.1 Å². The van der Waals surface area contributed by atoms with Gasteiger partial charge in [-0.1, -0.05) is 23.2 Å². The summed E-state index contributed by atoms with van der Waals surface area (Å²) in [6, 6.07) is 3.06. The first-order valence-electron chi connectivity index (χ1n) is 10.1. The Morgan fingerprint density at radius 1 is 1.19 bits per heavy atom. The van der Waals surface area contributed by atoms with Crippen molar-refractivity contribution in [3.63, 3.8) is 0 Å². The second-order valence-electron chi connectivity index (χ2n) is 7.83.